The molecule has 0 aromatic heterocycles. The highest BCUT2D eigenvalue weighted by Gasteiger charge is 2.10. The van der Waals surface area contributed by atoms with Crippen LogP contribution < -0.4 is 0 Å². The smallest absolute Gasteiger partial charge is 0.324 e. The third kappa shape index (κ3) is 14.1. The molecule has 2 N–H and O–H groups in total. The van der Waals surface area contributed by atoms with Crippen LogP contribution in [-0.2, 0) is 4.57 Å². The second-order valence-electron chi connectivity index (χ2n) is 4.42. The van der Waals surface area contributed by atoms with E-state index in [0.29, 0.717) is 6.42 Å². The van der Waals surface area contributed by atoms with Crippen LogP contribution in [-0.4, -0.2) is 15.9 Å². The van der Waals surface area contributed by atoms with Crippen LogP contribution in [0.4, 0.5) is 0 Å². The van der Waals surface area contributed by atoms with Crippen LogP contribution in [0.2, 0.25) is 0 Å². The van der Waals surface area contributed by atoms with E-state index in [1.165, 1.54) is 38.5 Å². The summed E-state index contributed by atoms with van der Waals surface area (Å²) < 4.78 is 10.6. The lowest BCUT2D eigenvalue weighted by Gasteiger charge is -2.03. The molecule has 0 aliphatic rings. The molecule has 0 bridgehead atoms. The summed E-state index contributed by atoms with van der Waals surface area (Å²) in [6.45, 7) is 3.81. The lowest BCUT2D eigenvalue weighted by atomic mass is 10.1. The summed E-state index contributed by atoms with van der Waals surface area (Å²) in [7, 11) is -3.75. The molecular formula is C12H26O3P. The molecule has 0 atom stereocenters. The Kier molecular flexibility index (Phi) is 10.4. The summed E-state index contributed by atoms with van der Waals surface area (Å²) in [6, 6.07) is 0. The van der Waals surface area contributed by atoms with Gasteiger partial charge in [-0.15, -0.1) is 0 Å². The van der Waals surface area contributed by atoms with Gasteiger partial charge in [-0.3, -0.25) is 4.57 Å². The van der Waals surface area contributed by atoms with E-state index in [1.807, 2.05) is 0 Å². The Morgan fingerprint density at radius 2 is 1.12 bits per heavy atom. The van der Waals surface area contributed by atoms with E-state index in [-0.39, 0.29) is 6.16 Å². The molecule has 0 unspecified atom stereocenters. The predicted molar refractivity (Wildman–Crippen MR) is 68.4 cm³/mol. The first-order valence-corrected chi connectivity index (χ1v) is 8.20. The van der Waals surface area contributed by atoms with Crippen LogP contribution in [0.1, 0.15) is 64.2 Å². The van der Waals surface area contributed by atoms with E-state index in [0.717, 1.165) is 19.3 Å². The van der Waals surface area contributed by atoms with Crippen molar-refractivity contribution in [1.29, 1.82) is 0 Å². The Hall–Kier alpha value is 0.150. The Morgan fingerprint density at radius 3 is 1.50 bits per heavy atom. The first kappa shape index (κ1) is 16.1. The Labute approximate surface area is 99.8 Å². The maximum absolute atomic E-state index is 10.6. The number of rotatable bonds is 11. The van der Waals surface area contributed by atoms with Crippen LogP contribution in [0.25, 0.3) is 0 Å². The van der Waals surface area contributed by atoms with Crippen molar-refractivity contribution in [2.75, 3.05) is 6.16 Å². The maximum atomic E-state index is 10.6. The Balaban J connectivity index is 3.02. The summed E-state index contributed by atoms with van der Waals surface area (Å²) in [4.78, 5) is 17.3. The highest BCUT2D eigenvalue weighted by atomic mass is 31.2. The van der Waals surface area contributed by atoms with Gasteiger partial charge in [-0.1, -0.05) is 64.7 Å². The molecule has 0 fully saturated rings. The molecule has 97 valence electrons. The highest BCUT2D eigenvalue weighted by molar-refractivity contribution is 7.51. The van der Waals surface area contributed by atoms with Gasteiger partial charge in [-0.25, -0.2) is 0 Å². The van der Waals surface area contributed by atoms with Gasteiger partial charge in [0.25, 0.3) is 0 Å². The standard InChI is InChI=1S/C12H26O3P/c1-2-3-4-5-6-7-8-9-10-11-12-16(13,14)15/h1-12H2,(H2,13,14,15). The van der Waals surface area contributed by atoms with E-state index >= 15 is 0 Å². The van der Waals surface area contributed by atoms with Crippen LogP contribution in [0.15, 0.2) is 0 Å². The third-order valence-electron chi connectivity index (χ3n) is 2.70. The van der Waals surface area contributed by atoms with E-state index in [1.54, 1.807) is 0 Å². The van der Waals surface area contributed by atoms with Crippen LogP contribution in [0.3, 0.4) is 0 Å². The molecule has 0 aromatic carbocycles. The second-order valence-corrected chi connectivity index (χ2v) is 6.20. The first-order valence-electron chi connectivity index (χ1n) is 6.40. The zero-order chi connectivity index (χ0) is 12.3. The van der Waals surface area contributed by atoms with Crippen molar-refractivity contribution >= 4 is 7.60 Å². The monoisotopic (exact) mass is 249 g/mol. The molecule has 0 rings (SSSR count). The molecule has 16 heavy (non-hydrogen) atoms. The highest BCUT2D eigenvalue weighted by Crippen LogP contribution is 2.35. The fraction of sp³-hybridized carbons (Fsp3) is 0.917. The molecule has 0 aliphatic heterocycles. The number of hydrogen-bond donors (Lipinski definition) is 2. The van der Waals surface area contributed by atoms with Crippen LogP contribution in [0.5, 0.6) is 0 Å². The average Bonchev–Trinajstić information content (AvgIpc) is 2.19. The molecule has 1 radical (unpaired) electrons. The van der Waals surface area contributed by atoms with Crippen molar-refractivity contribution in [1.82, 2.24) is 0 Å². The zero-order valence-corrected chi connectivity index (χ0v) is 11.1. The van der Waals surface area contributed by atoms with E-state index in [4.69, 9.17) is 9.79 Å². The minimum absolute atomic E-state index is 0.0521. The largest absolute Gasteiger partial charge is 0.325 e. The normalized spacial score (nSPS) is 11.9. The molecule has 0 aromatic rings. The van der Waals surface area contributed by atoms with Crippen molar-refractivity contribution in [3.05, 3.63) is 6.92 Å². The third-order valence-corrected chi connectivity index (χ3v) is 3.60. The average molecular weight is 249 g/mol. The summed E-state index contributed by atoms with van der Waals surface area (Å²) in [5, 5.41) is 0. The van der Waals surface area contributed by atoms with Crippen LogP contribution >= 0.6 is 7.60 Å². The summed E-state index contributed by atoms with van der Waals surface area (Å²) in [6.07, 6.45) is 11.4. The van der Waals surface area contributed by atoms with Gasteiger partial charge in [0.05, 0.1) is 0 Å². The topological polar surface area (TPSA) is 57.5 Å². The lowest BCUT2D eigenvalue weighted by Crippen LogP contribution is -1.88. The summed E-state index contributed by atoms with van der Waals surface area (Å²) >= 11 is 0. The van der Waals surface area contributed by atoms with E-state index in [9.17, 15) is 4.57 Å². The lowest BCUT2D eigenvalue weighted by molar-refractivity contribution is 0.370. The zero-order valence-electron chi connectivity index (χ0n) is 10.2. The van der Waals surface area contributed by atoms with Crippen molar-refractivity contribution in [3.63, 3.8) is 0 Å². The van der Waals surface area contributed by atoms with E-state index in [2.05, 4.69) is 6.92 Å². The van der Waals surface area contributed by atoms with Crippen molar-refractivity contribution in [2.45, 2.75) is 64.2 Å². The minimum Gasteiger partial charge on any atom is -0.324 e. The van der Waals surface area contributed by atoms with Gasteiger partial charge in [-0.05, 0) is 6.42 Å². The number of hydrogen-bond acceptors (Lipinski definition) is 1. The summed E-state index contributed by atoms with van der Waals surface area (Å²) in [5.74, 6) is 0. The SMILES string of the molecule is [CH2]CCCCCCCCCCCP(=O)(O)O. The van der Waals surface area contributed by atoms with Gasteiger partial charge < -0.3 is 9.79 Å². The Morgan fingerprint density at radius 1 is 0.750 bits per heavy atom. The van der Waals surface area contributed by atoms with Crippen molar-refractivity contribution in [3.8, 4) is 0 Å². The molecule has 0 aliphatic carbocycles. The first-order chi connectivity index (χ1) is 7.56. The van der Waals surface area contributed by atoms with Gasteiger partial charge in [0, 0.05) is 6.16 Å². The Bertz CT molecular complexity index is 189. The minimum atomic E-state index is -3.75. The quantitative estimate of drug-likeness (QED) is 0.431. The van der Waals surface area contributed by atoms with Gasteiger partial charge in [0.2, 0.25) is 0 Å². The fourth-order valence-corrected chi connectivity index (χ4v) is 2.37. The van der Waals surface area contributed by atoms with Crippen molar-refractivity contribution < 1.29 is 14.4 Å². The molecule has 0 saturated heterocycles. The van der Waals surface area contributed by atoms with E-state index < -0.39 is 7.60 Å². The molecule has 3 nitrogen and oxygen atoms in total. The molecule has 0 heterocycles. The molecule has 0 amide bonds. The molecular weight excluding hydrogens is 223 g/mol. The van der Waals surface area contributed by atoms with Gasteiger partial charge in [0.1, 0.15) is 0 Å². The molecule has 4 heteroatoms. The fourth-order valence-electron chi connectivity index (χ4n) is 1.73. The van der Waals surface area contributed by atoms with Crippen molar-refractivity contribution in [2.24, 2.45) is 0 Å². The number of unbranched alkanes of at least 4 members (excludes halogenated alkanes) is 9. The maximum Gasteiger partial charge on any atom is 0.325 e. The predicted octanol–water partition coefficient (Wildman–Crippen LogP) is 3.90. The molecule has 0 saturated carbocycles. The van der Waals surface area contributed by atoms with Gasteiger partial charge in [0.15, 0.2) is 0 Å². The molecule has 0 spiro atoms. The summed E-state index contributed by atoms with van der Waals surface area (Å²) in [5.41, 5.74) is 0. The second kappa shape index (κ2) is 10.3. The van der Waals surface area contributed by atoms with Crippen LogP contribution in [0, 0.1) is 6.92 Å². The van der Waals surface area contributed by atoms with Gasteiger partial charge >= 0.3 is 7.60 Å². The van der Waals surface area contributed by atoms with Gasteiger partial charge in [-0.2, -0.15) is 0 Å².